The lowest BCUT2D eigenvalue weighted by Gasteiger charge is -2.43. The second-order valence-electron chi connectivity index (χ2n) is 5.95. The Kier molecular flexibility index (Phi) is 3.40. The van der Waals surface area contributed by atoms with Gasteiger partial charge in [0, 0.05) is 30.9 Å². The second kappa shape index (κ2) is 5.04. The van der Waals surface area contributed by atoms with Gasteiger partial charge >= 0.3 is 0 Å². The molecule has 0 aliphatic carbocycles. The van der Waals surface area contributed by atoms with Crippen molar-refractivity contribution in [2.24, 2.45) is 0 Å². The largest absolute Gasteiger partial charge is 0.496 e. The fourth-order valence-electron chi connectivity index (χ4n) is 3.59. The fraction of sp³-hybridized carbons (Fsp3) is 0.625. The highest BCUT2D eigenvalue weighted by atomic mass is 16.5. The van der Waals surface area contributed by atoms with Gasteiger partial charge in [-0.1, -0.05) is 0 Å². The summed E-state index contributed by atoms with van der Waals surface area (Å²) in [6, 6.07) is 7.92. The molecule has 2 aliphatic heterocycles. The van der Waals surface area contributed by atoms with Gasteiger partial charge in [0.25, 0.3) is 0 Å². The lowest BCUT2D eigenvalue weighted by Crippen LogP contribution is -2.55. The summed E-state index contributed by atoms with van der Waals surface area (Å²) < 4.78 is 5.36. The summed E-state index contributed by atoms with van der Waals surface area (Å²) in [6.07, 6.45) is 2.73. The number of fused-ring (bicyclic) bond motifs is 1. The summed E-state index contributed by atoms with van der Waals surface area (Å²) in [7, 11) is 1.74. The van der Waals surface area contributed by atoms with Gasteiger partial charge in [-0.25, -0.2) is 0 Å². The average molecular weight is 260 g/mol. The molecule has 2 unspecified atom stereocenters. The van der Waals surface area contributed by atoms with Gasteiger partial charge in [-0.05, 0) is 57.0 Å². The Morgan fingerprint density at radius 3 is 2.84 bits per heavy atom. The Morgan fingerprint density at radius 2 is 2.11 bits per heavy atom. The van der Waals surface area contributed by atoms with Gasteiger partial charge in [-0.2, -0.15) is 0 Å². The van der Waals surface area contributed by atoms with E-state index in [9.17, 15) is 0 Å². The normalized spacial score (nSPS) is 27.4. The van der Waals surface area contributed by atoms with E-state index in [0.29, 0.717) is 6.04 Å². The number of ether oxygens (including phenoxy) is 1. The highest BCUT2D eigenvalue weighted by molar-refractivity contribution is 5.54. The third-order valence-electron chi connectivity index (χ3n) is 4.65. The van der Waals surface area contributed by atoms with Crippen molar-refractivity contribution in [3.63, 3.8) is 0 Å². The van der Waals surface area contributed by atoms with Crippen LogP contribution in [0.4, 0.5) is 5.69 Å². The number of methoxy groups -OCH3 is 1. The van der Waals surface area contributed by atoms with Gasteiger partial charge in [0.15, 0.2) is 0 Å². The molecule has 2 heterocycles. The van der Waals surface area contributed by atoms with Crippen LogP contribution in [0, 0.1) is 6.92 Å². The van der Waals surface area contributed by atoms with Crippen LogP contribution >= 0.6 is 0 Å². The molecule has 0 bridgehead atoms. The minimum Gasteiger partial charge on any atom is -0.496 e. The van der Waals surface area contributed by atoms with E-state index < -0.39 is 0 Å². The van der Waals surface area contributed by atoms with E-state index >= 15 is 0 Å². The quantitative estimate of drug-likeness (QED) is 0.813. The van der Waals surface area contributed by atoms with Crippen molar-refractivity contribution >= 4 is 5.69 Å². The van der Waals surface area contributed by atoms with Crippen LogP contribution in [-0.2, 0) is 0 Å². The molecule has 0 aromatic heterocycles. The Hall–Kier alpha value is -1.22. The molecule has 3 heteroatoms. The summed E-state index contributed by atoms with van der Waals surface area (Å²) >= 11 is 0. The van der Waals surface area contributed by atoms with E-state index in [1.165, 1.54) is 43.7 Å². The molecular weight excluding hydrogens is 236 g/mol. The third kappa shape index (κ3) is 2.32. The van der Waals surface area contributed by atoms with Crippen LogP contribution in [0.3, 0.4) is 0 Å². The van der Waals surface area contributed by atoms with E-state index in [-0.39, 0.29) is 0 Å². The van der Waals surface area contributed by atoms with Gasteiger partial charge in [0.05, 0.1) is 7.11 Å². The Morgan fingerprint density at radius 1 is 1.26 bits per heavy atom. The number of nitrogens with zero attached hydrogens (tertiary/aromatic N) is 2. The third-order valence-corrected chi connectivity index (χ3v) is 4.65. The first kappa shape index (κ1) is 12.8. The van der Waals surface area contributed by atoms with Crippen LogP contribution in [-0.4, -0.2) is 43.7 Å². The van der Waals surface area contributed by atoms with Crippen molar-refractivity contribution in [3.05, 3.63) is 23.8 Å². The molecule has 19 heavy (non-hydrogen) atoms. The molecule has 0 radical (unpaired) electrons. The summed E-state index contributed by atoms with van der Waals surface area (Å²) in [5.41, 5.74) is 2.57. The maximum Gasteiger partial charge on any atom is 0.121 e. The van der Waals surface area contributed by atoms with Crippen LogP contribution in [0.5, 0.6) is 5.75 Å². The fourth-order valence-corrected chi connectivity index (χ4v) is 3.59. The highest BCUT2D eigenvalue weighted by Crippen LogP contribution is 2.31. The van der Waals surface area contributed by atoms with Crippen LogP contribution in [0.25, 0.3) is 0 Å². The van der Waals surface area contributed by atoms with E-state index in [1.807, 2.05) is 0 Å². The van der Waals surface area contributed by atoms with Gasteiger partial charge in [-0.15, -0.1) is 0 Å². The van der Waals surface area contributed by atoms with E-state index in [2.05, 4.69) is 41.8 Å². The minimum atomic E-state index is 0.599. The van der Waals surface area contributed by atoms with Crippen molar-refractivity contribution in [2.75, 3.05) is 31.6 Å². The van der Waals surface area contributed by atoms with Crippen molar-refractivity contribution in [2.45, 2.75) is 38.8 Å². The second-order valence-corrected chi connectivity index (χ2v) is 5.95. The zero-order valence-electron chi connectivity index (χ0n) is 12.2. The molecule has 0 spiro atoms. The van der Waals surface area contributed by atoms with Crippen molar-refractivity contribution in [1.82, 2.24) is 4.90 Å². The molecule has 0 N–H and O–H groups in total. The molecule has 2 aliphatic rings. The number of hydrogen-bond acceptors (Lipinski definition) is 3. The number of rotatable bonds is 2. The van der Waals surface area contributed by atoms with Crippen molar-refractivity contribution < 1.29 is 4.74 Å². The molecule has 2 fully saturated rings. The van der Waals surface area contributed by atoms with Crippen LogP contribution < -0.4 is 9.64 Å². The van der Waals surface area contributed by atoms with Gasteiger partial charge in [0.1, 0.15) is 5.75 Å². The molecule has 1 aromatic rings. The average Bonchev–Trinajstić information content (AvgIpc) is 2.84. The number of anilines is 1. The van der Waals surface area contributed by atoms with E-state index in [0.717, 1.165) is 11.8 Å². The molecule has 0 saturated carbocycles. The predicted octanol–water partition coefficient (Wildman–Crippen LogP) is 2.68. The van der Waals surface area contributed by atoms with Gasteiger partial charge in [0.2, 0.25) is 0 Å². The lowest BCUT2D eigenvalue weighted by molar-refractivity contribution is 0.203. The maximum absolute atomic E-state index is 5.36. The molecule has 3 rings (SSSR count). The molecule has 3 nitrogen and oxygen atoms in total. The topological polar surface area (TPSA) is 15.7 Å². The number of piperazine rings is 1. The number of benzene rings is 1. The van der Waals surface area contributed by atoms with Crippen molar-refractivity contribution in [1.29, 1.82) is 0 Å². The van der Waals surface area contributed by atoms with Gasteiger partial charge < -0.3 is 9.64 Å². The maximum atomic E-state index is 5.36. The zero-order valence-corrected chi connectivity index (χ0v) is 12.2. The van der Waals surface area contributed by atoms with Crippen LogP contribution in [0.1, 0.15) is 25.3 Å². The van der Waals surface area contributed by atoms with E-state index in [1.54, 1.807) is 7.11 Å². The molecule has 104 valence electrons. The smallest absolute Gasteiger partial charge is 0.121 e. The van der Waals surface area contributed by atoms with Crippen molar-refractivity contribution in [3.8, 4) is 5.75 Å². The summed E-state index contributed by atoms with van der Waals surface area (Å²) in [6.45, 7) is 8.14. The molecular formula is C16H24N2O. The summed E-state index contributed by atoms with van der Waals surface area (Å²) in [5, 5.41) is 0. The molecule has 2 saturated heterocycles. The number of hydrogen-bond donors (Lipinski definition) is 0. The Balaban J connectivity index is 1.82. The lowest BCUT2D eigenvalue weighted by atomic mass is 10.1. The number of aryl methyl sites for hydroxylation is 1. The molecule has 1 aromatic carbocycles. The first-order valence-electron chi connectivity index (χ1n) is 7.34. The summed E-state index contributed by atoms with van der Waals surface area (Å²) in [4.78, 5) is 5.23. The van der Waals surface area contributed by atoms with Crippen LogP contribution in [0.15, 0.2) is 18.2 Å². The predicted molar refractivity (Wildman–Crippen MR) is 79.1 cm³/mol. The highest BCUT2D eigenvalue weighted by Gasteiger charge is 2.34. The molecule has 0 amide bonds. The first-order valence-corrected chi connectivity index (χ1v) is 7.34. The minimum absolute atomic E-state index is 0.599. The Bertz CT molecular complexity index is 460. The standard InChI is InChI=1S/C16H24N2O/c1-12-9-14(6-7-16(12)19-3)18-11-15-5-4-8-17(15)10-13(18)2/h6-7,9,13,15H,4-5,8,10-11H2,1-3H3. The Labute approximate surface area is 116 Å². The SMILES string of the molecule is COc1ccc(N2CC3CCCN3CC2C)cc1C. The summed E-state index contributed by atoms with van der Waals surface area (Å²) in [5.74, 6) is 0.982. The van der Waals surface area contributed by atoms with E-state index in [4.69, 9.17) is 4.74 Å². The van der Waals surface area contributed by atoms with Crippen LogP contribution in [0.2, 0.25) is 0 Å². The monoisotopic (exact) mass is 260 g/mol. The zero-order chi connectivity index (χ0) is 13.4. The molecule has 2 atom stereocenters. The first-order chi connectivity index (χ1) is 9.19. The van der Waals surface area contributed by atoms with Gasteiger partial charge in [-0.3, -0.25) is 4.90 Å².